The summed E-state index contributed by atoms with van der Waals surface area (Å²) >= 11 is 0. The molecule has 1 aliphatic carbocycles. The molecule has 0 spiro atoms. The van der Waals surface area contributed by atoms with E-state index in [0.717, 1.165) is 24.3 Å². The molecule has 0 atom stereocenters. The predicted octanol–water partition coefficient (Wildman–Crippen LogP) is 6.86. The van der Waals surface area contributed by atoms with E-state index < -0.39 is 11.9 Å². The van der Waals surface area contributed by atoms with E-state index in [4.69, 9.17) is 9.47 Å². The molecule has 2 aromatic rings. The number of carbonyl (C=O) groups is 2. The van der Waals surface area contributed by atoms with Crippen LogP contribution in [0.15, 0.2) is 42.5 Å². The second kappa shape index (κ2) is 11.7. The van der Waals surface area contributed by atoms with E-state index in [9.17, 15) is 14.7 Å². The minimum absolute atomic E-state index is 0.00325. The van der Waals surface area contributed by atoms with Gasteiger partial charge < -0.3 is 14.6 Å². The van der Waals surface area contributed by atoms with Gasteiger partial charge in [-0.25, -0.2) is 9.59 Å². The Morgan fingerprint density at radius 1 is 0.906 bits per heavy atom. The van der Waals surface area contributed by atoms with Crippen LogP contribution in [-0.2, 0) is 0 Å². The van der Waals surface area contributed by atoms with Gasteiger partial charge >= 0.3 is 11.9 Å². The largest absolute Gasteiger partial charge is 0.494 e. The van der Waals surface area contributed by atoms with E-state index in [2.05, 4.69) is 6.92 Å². The van der Waals surface area contributed by atoms with Crippen molar-refractivity contribution in [3.63, 3.8) is 0 Å². The highest BCUT2D eigenvalue weighted by molar-refractivity contribution is 6.03. The smallest absolute Gasteiger partial charge is 0.344 e. The molecule has 0 aliphatic heterocycles. The van der Waals surface area contributed by atoms with Crippen LogP contribution < -0.4 is 9.47 Å². The van der Waals surface area contributed by atoms with Gasteiger partial charge in [0.1, 0.15) is 11.5 Å². The number of ether oxygens (including phenoxy) is 2. The van der Waals surface area contributed by atoms with E-state index in [1.165, 1.54) is 38.5 Å². The standard InChI is InChI=1S/C27H34O5/c1-3-5-6-7-19-8-10-20(11-9-19)21-12-17-24(25(18-21)26(28)29)27(30)32-23-15-13-22(14-16-23)31-4-2/h12-20H,3-11H2,1-2H3,(H,28,29). The number of carboxylic acids is 1. The molecule has 0 unspecified atom stereocenters. The fourth-order valence-electron chi connectivity index (χ4n) is 4.57. The molecule has 0 amide bonds. The van der Waals surface area contributed by atoms with E-state index >= 15 is 0 Å². The number of esters is 1. The molecule has 0 radical (unpaired) electrons. The van der Waals surface area contributed by atoms with Crippen molar-refractivity contribution in [2.24, 2.45) is 5.92 Å². The molecule has 1 fully saturated rings. The molecule has 1 saturated carbocycles. The maximum Gasteiger partial charge on any atom is 0.344 e. The third-order valence-electron chi connectivity index (χ3n) is 6.37. The first kappa shape index (κ1) is 23.8. The molecule has 0 saturated heterocycles. The van der Waals surface area contributed by atoms with Gasteiger partial charge in [-0.05, 0) is 86.4 Å². The van der Waals surface area contributed by atoms with Crippen molar-refractivity contribution in [3.05, 3.63) is 59.2 Å². The predicted molar refractivity (Wildman–Crippen MR) is 125 cm³/mol. The summed E-state index contributed by atoms with van der Waals surface area (Å²) in [6.45, 7) is 4.67. The van der Waals surface area contributed by atoms with Crippen LogP contribution in [0.3, 0.4) is 0 Å². The van der Waals surface area contributed by atoms with Crippen molar-refractivity contribution in [1.29, 1.82) is 0 Å². The third kappa shape index (κ3) is 6.35. The zero-order chi connectivity index (χ0) is 22.9. The van der Waals surface area contributed by atoms with Crippen molar-refractivity contribution in [3.8, 4) is 11.5 Å². The van der Waals surface area contributed by atoms with Gasteiger partial charge in [-0.3, -0.25) is 0 Å². The Morgan fingerprint density at radius 2 is 1.59 bits per heavy atom. The molecule has 5 nitrogen and oxygen atoms in total. The molecular formula is C27H34O5. The van der Waals surface area contributed by atoms with Gasteiger partial charge in [0.05, 0.1) is 17.7 Å². The second-order valence-electron chi connectivity index (χ2n) is 8.62. The van der Waals surface area contributed by atoms with Gasteiger partial charge in [0.2, 0.25) is 0 Å². The highest BCUT2D eigenvalue weighted by Crippen LogP contribution is 2.38. The summed E-state index contributed by atoms with van der Waals surface area (Å²) in [5.74, 6) is 0.395. The summed E-state index contributed by atoms with van der Waals surface area (Å²) in [5.41, 5.74) is 1.08. The summed E-state index contributed by atoms with van der Waals surface area (Å²) in [6.07, 6.45) is 9.70. The number of hydrogen-bond donors (Lipinski definition) is 1. The minimum atomic E-state index is -1.11. The van der Waals surface area contributed by atoms with Crippen LogP contribution in [0.2, 0.25) is 0 Å². The molecule has 5 heteroatoms. The number of rotatable bonds is 10. The van der Waals surface area contributed by atoms with Crippen LogP contribution >= 0.6 is 0 Å². The Kier molecular flexibility index (Phi) is 8.72. The lowest BCUT2D eigenvalue weighted by Crippen LogP contribution is -2.17. The Bertz CT molecular complexity index is 895. The minimum Gasteiger partial charge on any atom is -0.494 e. The molecule has 0 aromatic heterocycles. The monoisotopic (exact) mass is 438 g/mol. The van der Waals surface area contributed by atoms with Crippen LogP contribution in [0.1, 0.15) is 97.4 Å². The van der Waals surface area contributed by atoms with Gasteiger partial charge in [0, 0.05) is 0 Å². The van der Waals surface area contributed by atoms with Gasteiger partial charge in [0.25, 0.3) is 0 Å². The van der Waals surface area contributed by atoms with Crippen LogP contribution in [0.5, 0.6) is 11.5 Å². The summed E-state index contributed by atoms with van der Waals surface area (Å²) < 4.78 is 10.8. The molecule has 3 rings (SSSR count). The Labute approximate surface area is 190 Å². The van der Waals surface area contributed by atoms with Crippen molar-refractivity contribution >= 4 is 11.9 Å². The van der Waals surface area contributed by atoms with Crippen LogP contribution in [-0.4, -0.2) is 23.7 Å². The SMILES string of the molecule is CCCCCC1CCC(c2ccc(C(=O)Oc3ccc(OCC)cc3)c(C(=O)O)c2)CC1. The van der Waals surface area contributed by atoms with Crippen molar-refractivity contribution in [2.45, 2.75) is 71.1 Å². The van der Waals surface area contributed by atoms with Gasteiger partial charge in [-0.2, -0.15) is 0 Å². The average molecular weight is 439 g/mol. The Hall–Kier alpha value is -2.82. The summed E-state index contributed by atoms with van der Waals surface area (Å²) in [4.78, 5) is 24.6. The first-order valence-corrected chi connectivity index (χ1v) is 11.8. The molecule has 1 N–H and O–H groups in total. The van der Waals surface area contributed by atoms with Crippen molar-refractivity contribution in [2.75, 3.05) is 6.61 Å². The number of aromatic carboxylic acids is 1. The quantitative estimate of drug-likeness (QED) is 0.249. The lowest BCUT2D eigenvalue weighted by Gasteiger charge is -2.29. The number of hydrogen-bond acceptors (Lipinski definition) is 4. The number of benzene rings is 2. The molecule has 172 valence electrons. The lowest BCUT2D eigenvalue weighted by atomic mass is 9.76. The van der Waals surface area contributed by atoms with Gasteiger partial charge in [-0.1, -0.05) is 38.7 Å². The van der Waals surface area contributed by atoms with Crippen molar-refractivity contribution in [1.82, 2.24) is 0 Å². The second-order valence-corrected chi connectivity index (χ2v) is 8.62. The fourth-order valence-corrected chi connectivity index (χ4v) is 4.57. The van der Waals surface area contributed by atoms with E-state index in [1.807, 2.05) is 13.0 Å². The topological polar surface area (TPSA) is 72.8 Å². The zero-order valence-electron chi connectivity index (χ0n) is 19.1. The highest BCUT2D eigenvalue weighted by Gasteiger charge is 2.25. The summed E-state index contributed by atoms with van der Waals surface area (Å²) in [6, 6.07) is 11.9. The van der Waals surface area contributed by atoms with E-state index in [0.29, 0.717) is 24.0 Å². The first-order valence-electron chi connectivity index (χ1n) is 11.8. The Balaban J connectivity index is 1.67. The molecule has 2 aromatic carbocycles. The normalized spacial score (nSPS) is 18.2. The molecular weight excluding hydrogens is 404 g/mol. The van der Waals surface area contributed by atoms with E-state index in [1.54, 1.807) is 36.4 Å². The summed E-state index contributed by atoms with van der Waals surface area (Å²) in [5, 5.41) is 9.74. The van der Waals surface area contributed by atoms with E-state index in [-0.39, 0.29) is 11.1 Å². The number of unbranched alkanes of at least 4 members (excludes halogenated alkanes) is 2. The maximum atomic E-state index is 12.7. The molecule has 32 heavy (non-hydrogen) atoms. The Morgan fingerprint density at radius 3 is 2.22 bits per heavy atom. The number of carboxylic acid groups (broad SMARTS) is 1. The van der Waals surface area contributed by atoms with Gasteiger partial charge in [-0.15, -0.1) is 0 Å². The zero-order valence-corrected chi connectivity index (χ0v) is 19.1. The molecule has 1 aliphatic rings. The fraction of sp³-hybridized carbons (Fsp3) is 0.481. The molecule has 0 bridgehead atoms. The van der Waals surface area contributed by atoms with Crippen molar-refractivity contribution < 1.29 is 24.2 Å². The van der Waals surface area contributed by atoms with Crippen LogP contribution in [0, 0.1) is 5.92 Å². The molecule has 0 heterocycles. The maximum absolute atomic E-state index is 12.7. The summed E-state index contributed by atoms with van der Waals surface area (Å²) in [7, 11) is 0. The highest BCUT2D eigenvalue weighted by atomic mass is 16.5. The lowest BCUT2D eigenvalue weighted by molar-refractivity contribution is 0.0667. The average Bonchev–Trinajstić information content (AvgIpc) is 2.81. The number of carbonyl (C=O) groups excluding carboxylic acids is 1. The van der Waals surface area contributed by atoms with Crippen LogP contribution in [0.25, 0.3) is 0 Å². The van der Waals surface area contributed by atoms with Gasteiger partial charge in [0.15, 0.2) is 0 Å². The van der Waals surface area contributed by atoms with Crippen LogP contribution in [0.4, 0.5) is 0 Å². The first-order chi connectivity index (χ1) is 15.5. The third-order valence-corrected chi connectivity index (χ3v) is 6.37.